The van der Waals surface area contributed by atoms with Crippen molar-refractivity contribution in [3.05, 3.63) is 30.1 Å². The second-order valence-electron chi connectivity index (χ2n) is 5.15. The van der Waals surface area contributed by atoms with Gasteiger partial charge in [-0.25, -0.2) is 4.98 Å². The fraction of sp³-hybridized carbons (Fsp3) is 0.357. The molecule has 0 aliphatic heterocycles. The second-order valence-corrected chi connectivity index (χ2v) is 5.15. The molecule has 0 aliphatic carbocycles. The van der Waals surface area contributed by atoms with Crippen LogP contribution in [0.2, 0.25) is 0 Å². The zero-order valence-corrected chi connectivity index (χ0v) is 11.3. The van der Waals surface area contributed by atoms with E-state index in [0.717, 1.165) is 16.6 Å². The quantitative estimate of drug-likeness (QED) is 0.913. The van der Waals surface area contributed by atoms with Crippen LogP contribution in [0.4, 0.5) is 0 Å². The first-order valence-corrected chi connectivity index (χ1v) is 6.03. The van der Waals surface area contributed by atoms with Gasteiger partial charge in [0.2, 0.25) is 5.91 Å². The monoisotopic (exact) mass is 256 g/mol. The maximum absolute atomic E-state index is 12.1. The normalized spacial score (nSPS) is 11.3. The molecule has 5 nitrogen and oxygen atoms in total. The molecule has 2 aromatic rings. The number of hydrogen-bond donors (Lipinski definition) is 1. The van der Waals surface area contributed by atoms with E-state index >= 15 is 0 Å². The summed E-state index contributed by atoms with van der Waals surface area (Å²) >= 11 is 0. The highest BCUT2D eigenvalue weighted by Crippen LogP contribution is 2.19. The Morgan fingerprint density at radius 1 is 1.53 bits per heavy atom. The fourth-order valence-corrected chi connectivity index (χ4v) is 1.95. The van der Waals surface area contributed by atoms with E-state index in [1.807, 2.05) is 24.3 Å². The van der Waals surface area contributed by atoms with Crippen LogP contribution in [-0.2, 0) is 11.3 Å². The molecule has 1 N–H and O–H groups in total. The summed E-state index contributed by atoms with van der Waals surface area (Å²) in [6.45, 7) is 3.73. The smallest absolute Gasteiger partial charge is 0.242 e. The predicted molar refractivity (Wildman–Crippen MR) is 72.0 cm³/mol. The SMILES string of the molecule is CN(Cc1ccc2nc[nH]c2c1)C(=O)C(C)(C)C#N. The summed E-state index contributed by atoms with van der Waals surface area (Å²) < 4.78 is 0. The highest BCUT2D eigenvalue weighted by Gasteiger charge is 2.30. The first-order chi connectivity index (χ1) is 8.94. The van der Waals surface area contributed by atoms with Crippen molar-refractivity contribution >= 4 is 16.9 Å². The van der Waals surface area contributed by atoms with E-state index in [-0.39, 0.29) is 5.91 Å². The van der Waals surface area contributed by atoms with E-state index in [4.69, 9.17) is 5.26 Å². The number of hydrogen-bond acceptors (Lipinski definition) is 3. The molecule has 5 heteroatoms. The lowest BCUT2D eigenvalue weighted by molar-refractivity contribution is -0.136. The number of H-pyrrole nitrogens is 1. The van der Waals surface area contributed by atoms with Crippen molar-refractivity contribution in [1.82, 2.24) is 14.9 Å². The minimum Gasteiger partial charge on any atom is -0.345 e. The van der Waals surface area contributed by atoms with Gasteiger partial charge >= 0.3 is 0 Å². The number of carbonyl (C=O) groups is 1. The average molecular weight is 256 g/mol. The molecule has 0 bridgehead atoms. The number of nitriles is 1. The molecule has 2 rings (SSSR count). The molecule has 1 aromatic heterocycles. The number of imidazole rings is 1. The maximum atomic E-state index is 12.1. The zero-order valence-electron chi connectivity index (χ0n) is 11.3. The van der Waals surface area contributed by atoms with Crippen LogP contribution < -0.4 is 0 Å². The average Bonchev–Trinajstić information content (AvgIpc) is 2.85. The van der Waals surface area contributed by atoms with Crippen LogP contribution in [0, 0.1) is 16.7 Å². The number of nitrogens with zero attached hydrogens (tertiary/aromatic N) is 3. The predicted octanol–water partition coefficient (Wildman–Crippen LogP) is 2.07. The Morgan fingerprint density at radius 2 is 2.26 bits per heavy atom. The zero-order chi connectivity index (χ0) is 14.0. The lowest BCUT2D eigenvalue weighted by Gasteiger charge is -2.24. The molecule has 0 fully saturated rings. The van der Waals surface area contributed by atoms with E-state index in [2.05, 4.69) is 9.97 Å². The van der Waals surface area contributed by atoms with Crippen LogP contribution in [0.15, 0.2) is 24.5 Å². The van der Waals surface area contributed by atoms with Crippen LogP contribution in [0.1, 0.15) is 19.4 Å². The summed E-state index contributed by atoms with van der Waals surface area (Å²) in [4.78, 5) is 20.9. The first kappa shape index (κ1) is 13.1. The van der Waals surface area contributed by atoms with E-state index in [1.165, 1.54) is 0 Å². The Labute approximate surface area is 111 Å². The molecule has 0 spiro atoms. The van der Waals surface area contributed by atoms with Crippen molar-refractivity contribution in [2.24, 2.45) is 5.41 Å². The molecular weight excluding hydrogens is 240 g/mol. The van der Waals surface area contributed by atoms with Crippen molar-refractivity contribution in [2.75, 3.05) is 7.05 Å². The van der Waals surface area contributed by atoms with Gasteiger partial charge in [0.15, 0.2) is 0 Å². The second kappa shape index (κ2) is 4.73. The third-order valence-corrected chi connectivity index (χ3v) is 3.07. The van der Waals surface area contributed by atoms with Gasteiger partial charge in [0.05, 0.1) is 23.4 Å². The molecular formula is C14H16N4O. The Balaban J connectivity index is 2.16. The molecule has 19 heavy (non-hydrogen) atoms. The number of rotatable bonds is 3. The van der Waals surface area contributed by atoms with Crippen LogP contribution >= 0.6 is 0 Å². The highest BCUT2D eigenvalue weighted by molar-refractivity contribution is 5.84. The summed E-state index contributed by atoms with van der Waals surface area (Å²) in [6, 6.07) is 7.84. The number of fused-ring (bicyclic) bond motifs is 1. The molecule has 1 heterocycles. The van der Waals surface area contributed by atoms with E-state index in [0.29, 0.717) is 6.54 Å². The van der Waals surface area contributed by atoms with Crippen LogP contribution in [0.25, 0.3) is 11.0 Å². The standard InChI is InChI=1S/C14H16N4O/c1-14(2,8-15)13(19)18(3)7-10-4-5-11-12(6-10)17-9-16-11/h4-6,9H,7H2,1-3H3,(H,16,17). The van der Waals surface area contributed by atoms with Crippen LogP contribution in [0.3, 0.4) is 0 Å². The lowest BCUT2D eigenvalue weighted by Crippen LogP contribution is -2.37. The minimum absolute atomic E-state index is 0.181. The third-order valence-electron chi connectivity index (χ3n) is 3.07. The van der Waals surface area contributed by atoms with Crippen molar-refractivity contribution in [3.8, 4) is 6.07 Å². The maximum Gasteiger partial charge on any atom is 0.242 e. The first-order valence-electron chi connectivity index (χ1n) is 6.03. The Kier molecular flexibility index (Phi) is 3.26. The van der Waals surface area contributed by atoms with Crippen LogP contribution in [0.5, 0.6) is 0 Å². The Morgan fingerprint density at radius 3 is 2.95 bits per heavy atom. The van der Waals surface area contributed by atoms with Gasteiger partial charge in [0.1, 0.15) is 5.41 Å². The van der Waals surface area contributed by atoms with Crippen molar-refractivity contribution < 1.29 is 4.79 Å². The molecule has 0 atom stereocenters. The van der Waals surface area contributed by atoms with Gasteiger partial charge in [0.25, 0.3) is 0 Å². The lowest BCUT2D eigenvalue weighted by atomic mass is 9.94. The van der Waals surface area contributed by atoms with Crippen molar-refractivity contribution in [1.29, 1.82) is 5.26 Å². The van der Waals surface area contributed by atoms with E-state index < -0.39 is 5.41 Å². The Hall–Kier alpha value is -2.35. The molecule has 1 amide bonds. The van der Waals surface area contributed by atoms with Gasteiger partial charge in [-0.05, 0) is 31.5 Å². The third kappa shape index (κ3) is 2.58. The summed E-state index contributed by atoms with van der Waals surface area (Å²) in [7, 11) is 1.71. The molecule has 0 saturated carbocycles. The van der Waals surface area contributed by atoms with E-state index in [9.17, 15) is 4.79 Å². The van der Waals surface area contributed by atoms with Crippen molar-refractivity contribution in [3.63, 3.8) is 0 Å². The number of nitrogens with one attached hydrogen (secondary N) is 1. The molecule has 0 radical (unpaired) electrons. The molecule has 0 unspecified atom stereocenters. The number of amides is 1. The topological polar surface area (TPSA) is 72.8 Å². The van der Waals surface area contributed by atoms with Crippen molar-refractivity contribution in [2.45, 2.75) is 20.4 Å². The summed E-state index contributed by atoms with van der Waals surface area (Å²) in [5.41, 5.74) is 1.85. The number of aromatic amines is 1. The van der Waals surface area contributed by atoms with Gasteiger partial charge in [0, 0.05) is 13.6 Å². The van der Waals surface area contributed by atoms with E-state index in [1.54, 1.807) is 32.1 Å². The summed E-state index contributed by atoms with van der Waals surface area (Å²) in [5, 5.41) is 8.98. The van der Waals surface area contributed by atoms with Gasteiger partial charge in [-0.15, -0.1) is 0 Å². The Bertz CT molecular complexity index is 651. The number of carbonyl (C=O) groups excluding carboxylic acids is 1. The molecule has 0 saturated heterocycles. The van der Waals surface area contributed by atoms with Gasteiger partial charge in [-0.2, -0.15) is 5.26 Å². The fourth-order valence-electron chi connectivity index (χ4n) is 1.95. The van der Waals surface area contributed by atoms with Crippen LogP contribution in [-0.4, -0.2) is 27.8 Å². The summed E-state index contributed by atoms with van der Waals surface area (Å²) in [6.07, 6.45) is 1.64. The minimum atomic E-state index is -0.993. The number of aromatic nitrogens is 2. The van der Waals surface area contributed by atoms with Gasteiger partial charge < -0.3 is 9.88 Å². The van der Waals surface area contributed by atoms with Gasteiger partial charge in [-0.3, -0.25) is 4.79 Å². The molecule has 0 aliphatic rings. The van der Waals surface area contributed by atoms with Gasteiger partial charge in [-0.1, -0.05) is 6.07 Å². The molecule has 1 aromatic carbocycles. The largest absolute Gasteiger partial charge is 0.345 e. The summed E-state index contributed by atoms with van der Waals surface area (Å²) in [5.74, 6) is -0.181. The molecule has 98 valence electrons. The highest BCUT2D eigenvalue weighted by atomic mass is 16.2. The number of benzene rings is 1.